The molecule has 2 rings (SSSR count). The van der Waals surface area contributed by atoms with Crippen LogP contribution in [0, 0.1) is 5.92 Å². The van der Waals surface area contributed by atoms with Crippen LogP contribution in [0.3, 0.4) is 0 Å². The van der Waals surface area contributed by atoms with Crippen molar-refractivity contribution in [3.63, 3.8) is 0 Å². The summed E-state index contributed by atoms with van der Waals surface area (Å²) in [5.74, 6) is -0.612. The fraction of sp³-hybridized carbons (Fsp3) is 0.467. The van der Waals surface area contributed by atoms with Crippen molar-refractivity contribution in [3.05, 3.63) is 28.8 Å². The van der Waals surface area contributed by atoms with Gasteiger partial charge in [0.1, 0.15) is 0 Å². The fourth-order valence-corrected chi connectivity index (χ4v) is 2.76. The number of amides is 1. The van der Waals surface area contributed by atoms with E-state index >= 15 is 0 Å². The number of piperidine rings is 1. The lowest BCUT2D eigenvalue weighted by Gasteiger charge is -2.28. The van der Waals surface area contributed by atoms with Gasteiger partial charge in [0.15, 0.2) is 0 Å². The summed E-state index contributed by atoms with van der Waals surface area (Å²) < 4.78 is 0. The van der Waals surface area contributed by atoms with Crippen molar-refractivity contribution < 1.29 is 14.7 Å². The molecule has 1 amide bonds. The SMILES string of the molecule is CCC1CCNC(C(=O)Nc2ccc(C(=O)O)cc2Cl)C1. The highest BCUT2D eigenvalue weighted by Gasteiger charge is 2.26. The Balaban J connectivity index is 2.04. The lowest BCUT2D eigenvalue weighted by atomic mass is 9.90. The third-order valence-corrected chi connectivity index (χ3v) is 4.19. The quantitative estimate of drug-likeness (QED) is 0.799. The number of nitrogens with one attached hydrogen (secondary N) is 2. The first-order valence-electron chi connectivity index (χ1n) is 7.08. The van der Waals surface area contributed by atoms with Crippen molar-refractivity contribution >= 4 is 29.2 Å². The zero-order valence-electron chi connectivity index (χ0n) is 11.9. The predicted octanol–water partition coefficient (Wildman–Crippen LogP) is 2.75. The number of anilines is 1. The molecule has 2 atom stereocenters. The summed E-state index contributed by atoms with van der Waals surface area (Å²) in [5.41, 5.74) is 0.534. The summed E-state index contributed by atoms with van der Waals surface area (Å²) in [6.07, 6.45) is 2.97. The second-order valence-electron chi connectivity index (χ2n) is 5.29. The van der Waals surface area contributed by atoms with Crippen molar-refractivity contribution in [2.24, 2.45) is 5.92 Å². The molecule has 21 heavy (non-hydrogen) atoms. The van der Waals surface area contributed by atoms with E-state index in [0.29, 0.717) is 11.6 Å². The van der Waals surface area contributed by atoms with E-state index < -0.39 is 5.97 Å². The minimum atomic E-state index is -1.05. The Morgan fingerprint density at radius 1 is 1.48 bits per heavy atom. The number of carboxylic acid groups (broad SMARTS) is 1. The Labute approximate surface area is 128 Å². The van der Waals surface area contributed by atoms with Crippen molar-refractivity contribution in [1.82, 2.24) is 5.32 Å². The van der Waals surface area contributed by atoms with E-state index in [0.717, 1.165) is 25.8 Å². The Morgan fingerprint density at radius 3 is 2.86 bits per heavy atom. The van der Waals surface area contributed by atoms with Crippen molar-refractivity contribution in [1.29, 1.82) is 0 Å². The third kappa shape index (κ3) is 3.95. The molecule has 0 spiro atoms. The van der Waals surface area contributed by atoms with E-state index in [9.17, 15) is 9.59 Å². The molecule has 1 heterocycles. The number of aromatic carboxylic acids is 1. The van der Waals surface area contributed by atoms with Crippen LogP contribution in [0.5, 0.6) is 0 Å². The molecule has 1 fully saturated rings. The van der Waals surface area contributed by atoms with Crippen molar-refractivity contribution in [3.8, 4) is 0 Å². The molecule has 0 bridgehead atoms. The van der Waals surface area contributed by atoms with Gasteiger partial charge in [-0.15, -0.1) is 0 Å². The highest BCUT2D eigenvalue weighted by Crippen LogP contribution is 2.25. The molecular weight excluding hydrogens is 292 g/mol. The van der Waals surface area contributed by atoms with Crippen LogP contribution in [-0.4, -0.2) is 29.6 Å². The number of rotatable bonds is 4. The first-order valence-corrected chi connectivity index (χ1v) is 7.46. The molecule has 114 valence electrons. The lowest BCUT2D eigenvalue weighted by Crippen LogP contribution is -2.46. The van der Waals surface area contributed by atoms with Gasteiger partial charge in [-0.05, 0) is 43.5 Å². The van der Waals surface area contributed by atoms with E-state index in [4.69, 9.17) is 16.7 Å². The van der Waals surface area contributed by atoms with Gasteiger partial charge >= 0.3 is 5.97 Å². The predicted molar refractivity (Wildman–Crippen MR) is 81.8 cm³/mol. The van der Waals surface area contributed by atoms with Crippen LogP contribution in [-0.2, 0) is 4.79 Å². The van der Waals surface area contributed by atoms with Gasteiger partial charge in [0.2, 0.25) is 5.91 Å². The number of benzene rings is 1. The maximum Gasteiger partial charge on any atom is 0.335 e. The van der Waals surface area contributed by atoms with Gasteiger partial charge in [0.05, 0.1) is 22.3 Å². The Hall–Kier alpha value is -1.59. The van der Waals surface area contributed by atoms with Crippen molar-refractivity contribution in [2.45, 2.75) is 32.2 Å². The normalized spacial score (nSPS) is 21.8. The van der Waals surface area contributed by atoms with Crippen LogP contribution in [0.25, 0.3) is 0 Å². The minimum absolute atomic E-state index is 0.0971. The average Bonchev–Trinajstić information content (AvgIpc) is 2.49. The Kier molecular flexibility index (Phi) is 5.20. The summed E-state index contributed by atoms with van der Waals surface area (Å²) in [6.45, 7) is 2.97. The third-order valence-electron chi connectivity index (χ3n) is 3.88. The van der Waals surface area contributed by atoms with Gasteiger partial charge in [-0.25, -0.2) is 4.79 Å². The van der Waals surface area contributed by atoms with Crippen molar-refractivity contribution in [2.75, 3.05) is 11.9 Å². The van der Waals surface area contributed by atoms with Crippen LogP contribution >= 0.6 is 11.6 Å². The number of halogens is 1. The molecule has 5 nitrogen and oxygen atoms in total. The molecule has 0 aliphatic carbocycles. The second kappa shape index (κ2) is 6.91. The van der Waals surface area contributed by atoms with Crippen LogP contribution in [0.15, 0.2) is 18.2 Å². The number of hydrogen-bond acceptors (Lipinski definition) is 3. The average molecular weight is 311 g/mol. The smallest absolute Gasteiger partial charge is 0.335 e. The summed E-state index contributed by atoms with van der Waals surface area (Å²) >= 11 is 6.01. The van der Waals surface area contributed by atoms with E-state index in [1.54, 1.807) is 0 Å². The maximum atomic E-state index is 12.3. The number of carboxylic acids is 1. The van der Waals surface area contributed by atoms with Crippen LogP contribution in [0.1, 0.15) is 36.5 Å². The van der Waals surface area contributed by atoms with Gasteiger partial charge in [-0.1, -0.05) is 24.9 Å². The summed E-state index contributed by atoms with van der Waals surface area (Å²) in [5, 5.41) is 15.1. The summed E-state index contributed by atoms with van der Waals surface area (Å²) in [4.78, 5) is 23.1. The molecule has 1 aliphatic heterocycles. The molecule has 3 N–H and O–H groups in total. The van der Waals surface area contributed by atoms with Crippen LogP contribution < -0.4 is 10.6 Å². The van der Waals surface area contributed by atoms with Gasteiger partial charge in [0, 0.05) is 0 Å². The molecule has 0 saturated carbocycles. The van der Waals surface area contributed by atoms with Crippen LogP contribution in [0.2, 0.25) is 5.02 Å². The summed E-state index contributed by atoms with van der Waals surface area (Å²) in [6, 6.07) is 4.05. The molecular formula is C15H19ClN2O3. The van der Waals surface area contributed by atoms with E-state index in [2.05, 4.69) is 17.6 Å². The zero-order chi connectivity index (χ0) is 15.4. The highest BCUT2D eigenvalue weighted by atomic mass is 35.5. The van der Waals surface area contributed by atoms with Gasteiger partial charge < -0.3 is 15.7 Å². The van der Waals surface area contributed by atoms with E-state index in [-0.39, 0.29) is 22.5 Å². The monoisotopic (exact) mass is 310 g/mol. The molecule has 1 aliphatic rings. The topological polar surface area (TPSA) is 78.4 Å². The molecule has 1 aromatic carbocycles. The van der Waals surface area contributed by atoms with Gasteiger partial charge in [-0.3, -0.25) is 4.79 Å². The maximum absolute atomic E-state index is 12.3. The summed E-state index contributed by atoms with van der Waals surface area (Å²) in [7, 11) is 0. The van der Waals surface area contributed by atoms with E-state index in [1.165, 1.54) is 18.2 Å². The molecule has 1 aromatic rings. The molecule has 0 aromatic heterocycles. The van der Waals surface area contributed by atoms with Crippen LogP contribution in [0.4, 0.5) is 5.69 Å². The standard InChI is InChI=1S/C15H19ClN2O3/c1-2-9-5-6-17-13(7-9)14(19)18-12-4-3-10(15(20)21)8-11(12)16/h3-4,8-9,13,17H,2,5-7H2,1H3,(H,18,19)(H,20,21). The largest absolute Gasteiger partial charge is 0.478 e. The van der Waals surface area contributed by atoms with Gasteiger partial charge in [-0.2, -0.15) is 0 Å². The first kappa shape index (κ1) is 15.8. The fourth-order valence-electron chi connectivity index (χ4n) is 2.54. The van der Waals surface area contributed by atoms with Gasteiger partial charge in [0.25, 0.3) is 0 Å². The highest BCUT2D eigenvalue weighted by molar-refractivity contribution is 6.34. The number of carbonyl (C=O) groups is 2. The molecule has 6 heteroatoms. The molecule has 2 unspecified atom stereocenters. The lowest BCUT2D eigenvalue weighted by molar-refractivity contribution is -0.119. The Bertz CT molecular complexity index is 548. The minimum Gasteiger partial charge on any atom is -0.478 e. The first-order chi connectivity index (χ1) is 10.0. The zero-order valence-corrected chi connectivity index (χ0v) is 12.6. The number of carbonyl (C=O) groups excluding carboxylic acids is 1. The van der Waals surface area contributed by atoms with E-state index in [1.807, 2.05) is 0 Å². The molecule has 0 radical (unpaired) electrons. The number of hydrogen-bond donors (Lipinski definition) is 3. The second-order valence-corrected chi connectivity index (χ2v) is 5.70. The molecule has 1 saturated heterocycles. The Morgan fingerprint density at radius 2 is 2.24 bits per heavy atom.